The SMILES string of the molecule is N=C(c1ccc(C(=O)Nc2cc(F)c(F)cc2C(=O)Nc2ccc(Br)cn2)cc1)N1CCCCC1. The van der Waals surface area contributed by atoms with Gasteiger partial charge in [0.15, 0.2) is 11.6 Å². The summed E-state index contributed by atoms with van der Waals surface area (Å²) in [5.74, 6) is -3.20. The molecule has 35 heavy (non-hydrogen) atoms. The summed E-state index contributed by atoms with van der Waals surface area (Å²) < 4.78 is 28.6. The second-order valence-electron chi connectivity index (χ2n) is 8.06. The number of hydrogen-bond donors (Lipinski definition) is 3. The molecule has 0 unspecified atom stereocenters. The minimum absolute atomic E-state index is 0.186. The highest BCUT2D eigenvalue weighted by molar-refractivity contribution is 9.10. The Morgan fingerprint density at radius 2 is 1.54 bits per heavy atom. The molecule has 3 aromatic rings. The summed E-state index contributed by atoms with van der Waals surface area (Å²) in [6.07, 6.45) is 4.72. The lowest BCUT2D eigenvalue weighted by atomic mass is 10.1. The first-order valence-electron chi connectivity index (χ1n) is 11.0. The minimum atomic E-state index is -1.22. The summed E-state index contributed by atoms with van der Waals surface area (Å²) in [6.45, 7) is 1.66. The van der Waals surface area contributed by atoms with E-state index in [1.807, 2.05) is 4.90 Å². The van der Waals surface area contributed by atoms with Gasteiger partial charge >= 0.3 is 0 Å². The monoisotopic (exact) mass is 541 g/mol. The van der Waals surface area contributed by atoms with Gasteiger partial charge in [0.2, 0.25) is 0 Å². The number of carbonyl (C=O) groups is 2. The molecule has 0 saturated carbocycles. The Hall–Kier alpha value is -3.66. The third-order valence-corrected chi connectivity index (χ3v) is 6.08. The van der Waals surface area contributed by atoms with Crippen molar-refractivity contribution in [3.05, 3.63) is 87.5 Å². The van der Waals surface area contributed by atoms with Gasteiger partial charge in [-0.1, -0.05) is 12.1 Å². The predicted octanol–water partition coefficient (Wildman–Crippen LogP) is 5.44. The predicted molar refractivity (Wildman–Crippen MR) is 133 cm³/mol. The number of nitrogens with zero attached hydrogens (tertiary/aromatic N) is 2. The van der Waals surface area contributed by atoms with Crippen molar-refractivity contribution in [2.24, 2.45) is 0 Å². The van der Waals surface area contributed by atoms with Crippen molar-refractivity contribution in [3.8, 4) is 0 Å². The van der Waals surface area contributed by atoms with Gasteiger partial charge in [-0.15, -0.1) is 0 Å². The molecule has 0 atom stereocenters. The molecule has 0 bridgehead atoms. The Morgan fingerprint density at radius 3 is 2.20 bits per heavy atom. The fourth-order valence-corrected chi connectivity index (χ4v) is 3.98. The molecule has 0 spiro atoms. The number of nitrogens with one attached hydrogen (secondary N) is 3. The Kier molecular flexibility index (Phi) is 7.50. The molecule has 1 aromatic heterocycles. The molecule has 10 heteroatoms. The number of pyridine rings is 1. The molecule has 1 fully saturated rings. The van der Waals surface area contributed by atoms with Gasteiger partial charge in [-0.2, -0.15) is 0 Å². The van der Waals surface area contributed by atoms with E-state index in [4.69, 9.17) is 5.41 Å². The van der Waals surface area contributed by atoms with Crippen LogP contribution in [0.3, 0.4) is 0 Å². The summed E-state index contributed by atoms with van der Waals surface area (Å²) in [6, 6.07) is 11.1. The van der Waals surface area contributed by atoms with E-state index in [2.05, 4.69) is 31.5 Å². The maximum atomic E-state index is 14.0. The lowest BCUT2D eigenvalue weighted by molar-refractivity contribution is 0.102. The number of aromatic nitrogens is 1. The van der Waals surface area contributed by atoms with Crippen molar-refractivity contribution < 1.29 is 18.4 Å². The molecule has 0 aliphatic carbocycles. The molecule has 2 aromatic carbocycles. The molecule has 7 nitrogen and oxygen atoms in total. The highest BCUT2D eigenvalue weighted by Crippen LogP contribution is 2.23. The summed E-state index contributed by atoms with van der Waals surface area (Å²) in [4.78, 5) is 31.6. The molecule has 1 aliphatic heterocycles. The number of halogens is 3. The number of hydrogen-bond acceptors (Lipinski definition) is 4. The minimum Gasteiger partial charge on any atom is -0.357 e. The molecule has 3 N–H and O–H groups in total. The van der Waals surface area contributed by atoms with Crippen LogP contribution in [0.2, 0.25) is 0 Å². The topological polar surface area (TPSA) is 98.2 Å². The van der Waals surface area contributed by atoms with Crippen molar-refractivity contribution in [2.45, 2.75) is 19.3 Å². The van der Waals surface area contributed by atoms with E-state index >= 15 is 0 Å². The second-order valence-corrected chi connectivity index (χ2v) is 8.97. The lowest BCUT2D eigenvalue weighted by Gasteiger charge is -2.29. The molecule has 2 amide bonds. The molecule has 1 saturated heterocycles. The summed E-state index contributed by atoms with van der Waals surface area (Å²) >= 11 is 3.24. The van der Waals surface area contributed by atoms with Crippen LogP contribution in [0, 0.1) is 17.0 Å². The Balaban J connectivity index is 1.51. The third kappa shape index (κ3) is 5.89. The number of carbonyl (C=O) groups excluding carboxylic acids is 2. The zero-order valence-electron chi connectivity index (χ0n) is 18.6. The maximum Gasteiger partial charge on any atom is 0.259 e. The number of amidine groups is 1. The van der Waals surface area contributed by atoms with Crippen LogP contribution in [0.1, 0.15) is 45.5 Å². The van der Waals surface area contributed by atoms with E-state index in [9.17, 15) is 18.4 Å². The molecular formula is C25H22BrF2N5O2. The van der Waals surface area contributed by atoms with Gasteiger partial charge in [-0.3, -0.25) is 15.0 Å². The molecule has 0 radical (unpaired) electrons. The van der Waals surface area contributed by atoms with Crippen molar-refractivity contribution in [1.82, 2.24) is 9.88 Å². The van der Waals surface area contributed by atoms with Crippen LogP contribution in [0.4, 0.5) is 20.3 Å². The Labute approximate surface area is 209 Å². The Morgan fingerprint density at radius 1 is 0.886 bits per heavy atom. The number of piperidine rings is 1. The zero-order valence-corrected chi connectivity index (χ0v) is 20.2. The average molecular weight is 542 g/mol. The Bertz CT molecular complexity index is 1260. The van der Waals surface area contributed by atoms with Crippen LogP contribution in [-0.2, 0) is 0 Å². The molecule has 180 valence electrons. The van der Waals surface area contributed by atoms with E-state index in [1.165, 1.54) is 12.3 Å². The molecule has 1 aliphatic rings. The first kappa shape index (κ1) is 24.5. The van der Waals surface area contributed by atoms with E-state index in [1.54, 1.807) is 30.3 Å². The number of anilines is 2. The third-order valence-electron chi connectivity index (χ3n) is 5.62. The highest BCUT2D eigenvalue weighted by atomic mass is 79.9. The van der Waals surface area contributed by atoms with Gasteiger partial charge in [-0.25, -0.2) is 13.8 Å². The quantitative estimate of drug-likeness (QED) is 0.296. The van der Waals surface area contributed by atoms with Crippen molar-refractivity contribution in [3.63, 3.8) is 0 Å². The standard InChI is InChI=1S/C25H22BrF2N5O2/c26-17-8-9-22(30-14-17)32-25(35)18-12-19(27)20(28)13-21(18)31-24(34)16-6-4-15(5-7-16)23(29)33-10-2-1-3-11-33/h4-9,12-14,29H,1-3,10-11H2,(H,31,34)(H,30,32,35). The fourth-order valence-electron chi connectivity index (χ4n) is 3.75. The molecule has 2 heterocycles. The first-order valence-corrected chi connectivity index (χ1v) is 11.8. The number of likely N-dealkylation sites (tertiary alicyclic amines) is 1. The smallest absolute Gasteiger partial charge is 0.259 e. The van der Waals surface area contributed by atoms with Crippen LogP contribution < -0.4 is 10.6 Å². The van der Waals surface area contributed by atoms with Crippen molar-refractivity contribution >= 4 is 45.1 Å². The lowest BCUT2D eigenvalue weighted by Crippen LogP contribution is -2.35. The van der Waals surface area contributed by atoms with Crippen LogP contribution >= 0.6 is 15.9 Å². The summed E-state index contributed by atoms with van der Waals surface area (Å²) in [5.41, 5.74) is 0.475. The van der Waals surface area contributed by atoms with E-state index in [0.717, 1.165) is 44.5 Å². The van der Waals surface area contributed by atoms with Crippen LogP contribution in [-0.4, -0.2) is 40.6 Å². The number of benzene rings is 2. The van der Waals surface area contributed by atoms with Gasteiger partial charge in [0.1, 0.15) is 11.7 Å². The maximum absolute atomic E-state index is 14.0. The second kappa shape index (κ2) is 10.7. The normalized spacial score (nSPS) is 13.3. The van der Waals surface area contributed by atoms with Crippen molar-refractivity contribution in [1.29, 1.82) is 5.41 Å². The van der Waals surface area contributed by atoms with Crippen LogP contribution in [0.15, 0.2) is 59.2 Å². The zero-order chi connectivity index (χ0) is 24.9. The van der Waals surface area contributed by atoms with Crippen molar-refractivity contribution in [2.75, 3.05) is 23.7 Å². The van der Waals surface area contributed by atoms with E-state index in [-0.39, 0.29) is 22.6 Å². The summed E-state index contributed by atoms with van der Waals surface area (Å²) in [5, 5.41) is 13.4. The van der Waals surface area contributed by atoms with E-state index in [0.29, 0.717) is 15.9 Å². The van der Waals surface area contributed by atoms with Gasteiger partial charge in [0.25, 0.3) is 11.8 Å². The van der Waals surface area contributed by atoms with Gasteiger partial charge < -0.3 is 15.5 Å². The van der Waals surface area contributed by atoms with Crippen LogP contribution in [0.5, 0.6) is 0 Å². The van der Waals surface area contributed by atoms with Gasteiger partial charge in [0, 0.05) is 41.0 Å². The molecular weight excluding hydrogens is 520 g/mol. The fraction of sp³-hybridized carbons (Fsp3) is 0.200. The number of rotatable bonds is 5. The van der Waals surface area contributed by atoms with Gasteiger partial charge in [0.05, 0.1) is 11.3 Å². The van der Waals surface area contributed by atoms with Gasteiger partial charge in [-0.05, 0) is 65.5 Å². The average Bonchev–Trinajstić information content (AvgIpc) is 2.87. The highest BCUT2D eigenvalue weighted by Gasteiger charge is 2.20. The number of amides is 2. The molecule has 4 rings (SSSR count). The largest absolute Gasteiger partial charge is 0.357 e. The van der Waals surface area contributed by atoms with Crippen LogP contribution in [0.25, 0.3) is 0 Å². The summed E-state index contributed by atoms with van der Waals surface area (Å²) in [7, 11) is 0. The first-order chi connectivity index (χ1) is 16.8. The van der Waals surface area contributed by atoms with E-state index < -0.39 is 23.4 Å².